The van der Waals surface area contributed by atoms with Crippen LogP contribution in [-0.4, -0.2) is 60.2 Å². The van der Waals surface area contributed by atoms with E-state index in [-0.39, 0.29) is 24.5 Å². The van der Waals surface area contributed by atoms with Gasteiger partial charge in [0.2, 0.25) is 0 Å². The molecule has 3 aromatic rings. The number of amides is 2. The van der Waals surface area contributed by atoms with Crippen molar-refractivity contribution >= 4 is 17.8 Å². The molecule has 0 saturated heterocycles. The van der Waals surface area contributed by atoms with E-state index >= 15 is 0 Å². The van der Waals surface area contributed by atoms with Gasteiger partial charge in [-0.05, 0) is 49.2 Å². The number of aromatic nitrogens is 2. The number of para-hydroxylation sites is 1. The summed E-state index contributed by atoms with van der Waals surface area (Å²) in [5.41, 5.74) is 0.467. The first-order valence-corrected chi connectivity index (χ1v) is 13.6. The van der Waals surface area contributed by atoms with Gasteiger partial charge in [0.05, 0.1) is 25.5 Å². The largest absolute Gasteiger partial charge is 0.497 e. The van der Waals surface area contributed by atoms with Crippen molar-refractivity contribution in [2.24, 2.45) is 0 Å². The third-order valence-electron chi connectivity index (χ3n) is 6.08. The molecule has 2 aromatic carbocycles. The Balaban J connectivity index is 1.86. The fraction of sp³-hybridized carbons (Fsp3) is 0.400. The maximum atomic E-state index is 13.2. The molecule has 1 atom stereocenters. The van der Waals surface area contributed by atoms with Crippen LogP contribution in [0, 0.1) is 0 Å². The molecule has 0 fully saturated rings. The molecule has 10 heteroatoms. The van der Waals surface area contributed by atoms with Crippen LogP contribution in [0.5, 0.6) is 11.5 Å². The van der Waals surface area contributed by atoms with E-state index < -0.39 is 23.9 Å². The van der Waals surface area contributed by atoms with Crippen LogP contribution in [0.3, 0.4) is 0 Å². The average molecular weight is 551 g/mol. The smallest absolute Gasteiger partial charge is 0.338 e. The van der Waals surface area contributed by atoms with E-state index in [1.54, 1.807) is 43.5 Å². The van der Waals surface area contributed by atoms with Gasteiger partial charge in [-0.25, -0.2) is 9.78 Å². The summed E-state index contributed by atoms with van der Waals surface area (Å²) in [4.78, 5) is 43.4. The summed E-state index contributed by atoms with van der Waals surface area (Å²) in [5.74, 6) is -0.193. The molecule has 10 nitrogen and oxygen atoms in total. The van der Waals surface area contributed by atoms with Crippen LogP contribution < -0.4 is 20.1 Å². The number of hydrogen-bond acceptors (Lipinski definition) is 7. The summed E-state index contributed by atoms with van der Waals surface area (Å²) < 4.78 is 18.4. The second-order valence-electron chi connectivity index (χ2n) is 9.19. The summed E-state index contributed by atoms with van der Waals surface area (Å²) in [5, 5.41) is 5.69. The average Bonchev–Trinajstić information content (AvgIpc) is 3.40. The minimum Gasteiger partial charge on any atom is -0.497 e. The van der Waals surface area contributed by atoms with E-state index in [1.165, 1.54) is 10.9 Å². The van der Waals surface area contributed by atoms with E-state index in [4.69, 9.17) is 14.2 Å². The lowest BCUT2D eigenvalue weighted by atomic mass is 10.2. The van der Waals surface area contributed by atoms with E-state index in [0.29, 0.717) is 30.2 Å². The quantitative estimate of drug-likeness (QED) is 0.202. The maximum absolute atomic E-state index is 13.2. The second-order valence-corrected chi connectivity index (χ2v) is 9.19. The highest BCUT2D eigenvalue weighted by atomic mass is 16.6. The van der Waals surface area contributed by atoms with E-state index in [1.807, 2.05) is 32.0 Å². The Bertz CT molecular complexity index is 1230. The van der Waals surface area contributed by atoms with Crippen LogP contribution in [0.1, 0.15) is 70.9 Å². The molecule has 0 spiro atoms. The Labute approximate surface area is 235 Å². The zero-order valence-corrected chi connectivity index (χ0v) is 23.4. The number of ether oxygens (including phenoxy) is 3. The normalized spacial score (nSPS) is 11.4. The minimum absolute atomic E-state index is 0.0129. The summed E-state index contributed by atoms with van der Waals surface area (Å²) >= 11 is 0. The minimum atomic E-state index is -0.804. The van der Waals surface area contributed by atoms with Crippen molar-refractivity contribution in [1.29, 1.82) is 0 Å². The number of carbonyl (C=O) groups is 3. The van der Waals surface area contributed by atoms with Crippen LogP contribution in [0.25, 0.3) is 0 Å². The van der Waals surface area contributed by atoms with Crippen molar-refractivity contribution in [2.75, 3.05) is 26.8 Å². The molecule has 0 aliphatic heterocycles. The lowest BCUT2D eigenvalue weighted by molar-refractivity contribution is 0.0123. The van der Waals surface area contributed by atoms with Crippen LogP contribution in [0.15, 0.2) is 60.9 Å². The number of unbranched alkanes of at least 4 members (excludes halogenated alkanes) is 2. The fourth-order valence-electron chi connectivity index (χ4n) is 3.85. The first-order valence-electron chi connectivity index (χ1n) is 13.6. The topological polar surface area (TPSA) is 121 Å². The van der Waals surface area contributed by atoms with Gasteiger partial charge in [-0.2, -0.15) is 0 Å². The fourth-order valence-corrected chi connectivity index (χ4v) is 3.85. The lowest BCUT2D eigenvalue weighted by Crippen LogP contribution is -2.34. The maximum Gasteiger partial charge on any atom is 0.338 e. The summed E-state index contributed by atoms with van der Waals surface area (Å²) in [7, 11) is 1.55. The first-order chi connectivity index (χ1) is 19.5. The van der Waals surface area contributed by atoms with Crippen molar-refractivity contribution in [1.82, 2.24) is 20.2 Å². The molecule has 0 unspecified atom stereocenters. The zero-order chi connectivity index (χ0) is 28.7. The van der Waals surface area contributed by atoms with Gasteiger partial charge < -0.3 is 29.4 Å². The Morgan fingerprint density at radius 2 is 1.52 bits per heavy atom. The van der Waals surface area contributed by atoms with Gasteiger partial charge in [0.1, 0.15) is 23.8 Å². The van der Waals surface area contributed by atoms with Crippen LogP contribution >= 0.6 is 0 Å². The standard InChI is InChI=1S/C30H38N4O6/c1-4-6-17-31-28(35)26-27(29(36)32-18-7-5-2)34(21-33-26)19-25(20-39-24-11-9-8-10-12-24)40-30(37)22-13-15-23(38-3)16-14-22/h8-16,21,25H,4-7,17-20H2,1-3H3,(H,31,35)(H,32,36)/t25-/m0/s1. The molecule has 0 bridgehead atoms. The number of nitrogens with one attached hydrogen (secondary N) is 2. The van der Waals surface area contributed by atoms with Crippen LogP contribution in [-0.2, 0) is 11.3 Å². The molecule has 40 heavy (non-hydrogen) atoms. The number of nitrogens with zero attached hydrogens (tertiary/aromatic N) is 2. The molecule has 0 radical (unpaired) electrons. The molecule has 1 heterocycles. The van der Waals surface area contributed by atoms with Crippen molar-refractivity contribution in [3.05, 3.63) is 77.9 Å². The molecular weight excluding hydrogens is 512 g/mol. The van der Waals surface area contributed by atoms with Gasteiger partial charge in [0.25, 0.3) is 11.8 Å². The molecular formula is C30H38N4O6. The van der Waals surface area contributed by atoms with Crippen molar-refractivity contribution in [3.8, 4) is 11.5 Å². The van der Waals surface area contributed by atoms with Crippen molar-refractivity contribution in [2.45, 2.75) is 52.2 Å². The number of methoxy groups -OCH3 is 1. The molecule has 0 saturated carbocycles. The van der Waals surface area contributed by atoms with Gasteiger partial charge >= 0.3 is 5.97 Å². The van der Waals surface area contributed by atoms with Crippen molar-refractivity contribution < 1.29 is 28.6 Å². The Morgan fingerprint density at radius 1 is 0.875 bits per heavy atom. The van der Waals surface area contributed by atoms with Crippen LogP contribution in [0.4, 0.5) is 0 Å². The van der Waals surface area contributed by atoms with Gasteiger partial charge in [-0.3, -0.25) is 9.59 Å². The van der Waals surface area contributed by atoms with E-state index in [9.17, 15) is 14.4 Å². The summed E-state index contributed by atoms with van der Waals surface area (Å²) in [6.07, 6.45) is 4.05. The van der Waals surface area contributed by atoms with E-state index in [2.05, 4.69) is 15.6 Å². The number of carbonyl (C=O) groups excluding carboxylic acids is 3. The predicted octanol–water partition coefficient (Wildman–Crippen LogP) is 4.26. The molecule has 1 aromatic heterocycles. The SMILES string of the molecule is CCCCNC(=O)c1ncn(C[C@@H](COc2ccccc2)OC(=O)c2ccc(OC)cc2)c1C(=O)NCCCC. The van der Waals surface area contributed by atoms with Crippen LogP contribution in [0.2, 0.25) is 0 Å². The Hall–Kier alpha value is -4.34. The van der Waals surface area contributed by atoms with Gasteiger partial charge in [0, 0.05) is 13.1 Å². The highest BCUT2D eigenvalue weighted by Crippen LogP contribution is 2.17. The van der Waals surface area contributed by atoms with Gasteiger partial charge in [-0.1, -0.05) is 44.9 Å². The predicted molar refractivity (Wildman–Crippen MR) is 151 cm³/mol. The Kier molecular flexibility index (Phi) is 12.0. The van der Waals surface area contributed by atoms with E-state index in [0.717, 1.165) is 25.7 Å². The third kappa shape index (κ3) is 8.86. The first kappa shape index (κ1) is 30.2. The second kappa shape index (κ2) is 15.9. The number of esters is 1. The summed E-state index contributed by atoms with van der Waals surface area (Å²) in [6, 6.07) is 15.7. The highest BCUT2D eigenvalue weighted by molar-refractivity contribution is 6.05. The number of benzene rings is 2. The number of rotatable bonds is 16. The molecule has 2 amide bonds. The molecule has 3 rings (SSSR count). The van der Waals surface area contributed by atoms with Gasteiger partial charge in [0.15, 0.2) is 11.8 Å². The Morgan fingerprint density at radius 3 is 2.15 bits per heavy atom. The molecule has 214 valence electrons. The molecule has 0 aliphatic rings. The highest BCUT2D eigenvalue weighted by Gasteiger charge is 2.27. The molecule has 2 N–H and O–H groups in total. The summed E-state index contributed by atoms with van der Waals surface area (Å²) in [6.45, 7) is 5.05. The zero-order valence-electron chi connectivity index (χ0n) is 23.4. The third-order valence-corrected chi connectivity index (χ3v) is 6.08. The molecule has 0 aliphatic carbocycles. The number of imidazole rings is 1. The number of hydrogen-bond donors (Lipinski definition) is 2. The van der Waals surface area contributed by atoms with Gasteiger partial charge in [-0.15, -0.1) is 0 Å². The van der Waals surface area contributed by atoms with Crippen molar-refractivity contribution in [3.63, 3.8) is 0 Å². The monoisotopic (exact) mass is 550 g/mol. The lowest BCUT2D eigenvalue weighted by Gasteiger charge is -2.20.